The van der Waals surface area contributed by atoms with Gasteiger partial charge in [0.05, 0.1) is 17.7 Å². The Bertz CT molecular complexity index is 375. The number of aromatic nitrogens is 1. The van der Waals surface area contributed by atoms with Crippen LogP contribution in [-0.4, -0.2) is 16.1 Å². The van der Waals surface area contributed by atoms with Crippen LogP contribution in [0.3, 0.4) is 0 Å². The topological polar surface area (TPSA) is 76.2 Å². The first-order chi connectivity index (χ1) is 6.91. The van der Waals surface area contributed by atoms with Crippen molar-refractivity contribution in [3.8, 4) is 0 Å². The first-order valence-electron chi connectivity index (χ1n) is 3.86. The number of nitrogen functional groups attached to an aromatic ring is 1. The second-order valence-corrected chi connectivity index (χ2v) is 3.80. The molecule has 0 saturated carbocycles. The zero-order chi connectivity index (χ0) is 11.6. The fourth-order valence-electron chi connectivity index (χ4n) is 1.06. The summed E-state index contributed by atoms with van der Waals surface area (Å²) in [6.45, 7) is 0. The minimum absolute atomic E-state index is 0.0406. The Morgan fingerprint density at radius 3 is 2.67 bits per heavy atom. The summed E-state index contributed by atoms with van der Waals surface area (Å²) in [5.74, 6) is -1.08. The smallest absolute Gasteiger partial charge is 0.309 e. The second-order valence-electron chi connectivity index (χ2n) is 2.78. The van der Waals surface area contributed by atoms with Crippen molar-refractivity contribution in [1.29, 1.82) is 0 Å². The van der Waals surface area contributed by atoms with Gasteiger partial charge >= 0.3 is 5.97 Å². The molecule has 1 rings (SSSR count). The molecule has 1 aromatic heterocycles. The summed E-state index contributed by atoms with van der Waals surface area (Å²) in [6.07, 6.45) is -3.03. The standard InChI is InChI=1S/C8H7F2IN2O2/c9-7(10)6-4(12)1-3(2-5(14)15)13-8(6)11/h1,7H,2H2,(H2,12,13)(H,14,15). The first-order valence-corrected chi connectivity index (χ1v) is 4.94. The van der Waals surface area contributed by atoms with Gasteiger partial charge in [0, 0.05) is 5.69 Å². The SMILES string of the molecule is Nc1cc(CC(=O)O)nc(I)c1C(F)F. The van der Waals surface area contributed by atoms with Crippen molar-refractivity contribution in [2.75, 3.05) is 5.73 Å². The molecule has 0 fully saturated rings. The number of nitrogens with two attached hydrogens (primary N) is 1. The van der Waals surface area contributed by atoms with Gasteiger partial charge < -0.3 is 10.8 Å². The van der Waals surface area contributed by atoms with Crippen LogP contribution in [0.4, 0.5) is 14.5 Å². The summed E-state index contributed by atoms with van der Waals surface area (Å²) >= 11 is 1.61. The number of carboxylic acid groups (broad SMARTS) is 1. The molecule has 7 heteroatoms. The van der Waals surface area contributed by atoms with E-state index in [2.05, 4.69) is 4.98 Å². The van der Waals surface area contributed by atoms with Crippen molar-refractivity contribution in [3.63, 3.8) is 0 Å². The average molecular weight is 328 g/mol. The van der Waals surface area contributed by atoms with Gasteiger partial charge in [-0.25, -0.2) is 13.8 Å². The Morgan fingerprint density at radius 2 is 2.27 bits per heavy atom. The number of nitrogens with zero attached hydrogens (tertiary/aromatic N) is 1. The van der Waals surface area contributed by atoms with E-state index < -0.39 is 12.4 Å². The third-order valence-corrected chi connectivity index (χ3v) is 2.47. The average Bonchev–Trinajstić information content (AvgIpc) is 1.99. The highest BCUT2D eigenvalue weighted by molar-refractivity contribution is 14.1. The molecule has 0 aromatic carbocycles. The molecular weight excluding hydrogens is 321 g/mol. The molecule has 0 aliphatic carbocycles. The Hall–Kier alpha value is -0.990. The van der Waals surface area contributed by atoms with Crippen LogP contribution in [0.2, 0.25) is 0 Å². The molecule has 0 saturated heterocycles. The molecule has 0 atom stereocenters. The molecular formula is C8H7F2IN2O2. The Kier molecular flexibility index (Phi) is 3.77. The normalized spacial score (nSPS) is 10.7. The summed E-state index contributed by atoms with van der Waals surface area (Å²) in [6, 6.07) is 1.16. The van der Waals surface area contributed by atoms with Crippen molar-refractivity contribution in [3.05, 3.63) is 21.0 Å². The minimum Gasteiger partial charge on any atom is -0.481 e. The number of carbonyl (C=O) groups is 1. The van der Waals surface area contributed by atoms with Gasteiger partial charge in [-0.15, -0.1) is 0 Å². The summed E-state index contributed by atoms with van der Waals surface area (Å²) in [5, 5.41) is 8.50. The van der Waals surface area contributed by atoms with Gasteiger partial charge in [-0.3, -0.25) is 4.79 Å². The quantitative estimate of drug-likeness (QED) is 0.656. The molecule has 15 heavy (non-hydrogen) atoms. The zero-order valence-electron chi connectivity index (χ0n) is 7.38. The monoisotopic (exact) mass is 328 g/mol. The number of hydrogen-bond acceptors (Lipinski definition) is 3. The Labute approximate surface area is 97.6 Å². The highest BCUT2D eigenvalue weighted by Crippen LogP contribution is 2.29. The lowest BCUT2D eigenvalue weighted by molar-refractivity contribution is -0.136. The van der Waals surface area contributed by atoms with E-state index in [0.717, 1.165) is 6.07 Å². The summed E-state index contributed by atoms with van der Waals surface area (Å²) in [4.78, 5) is 14.1. The summed E-state index contributed by atoms with van der Waals surface area (Å²) < 4.78 is 24.9. The van der Waals surface area contributed by atoms with Crippen molar-refractivity contribution < 1.29 is 18.7 Å². The maximum Gasteiger partial charge on any atom is 0.309 e. The van der Waals surface area contributed by atoms with Crippen molar-refractivity contribution in [2.45, 2.75) is 12.8 Å². The van der Waals surface area contributed by atoms with E-state index in [1.54, 1.807) is 22.6 Å². The second kappa shape index (κ2) is 4.69. The highest BCUT2D eigenvalue weighted by atomic mass is 127. The Balaban J connectivity index is 3.13. The van der Waals surface area contributed by atoms with Crippen LogP contribution in [0.25, 0.3) is 0 Å². The van der Waals surface area contributed by atoms with Crippen LogP contribution < -0.4 is 5.73 Å². The van der Waals surface area contributed by atoms with Gasteiger partial charge in [0.15, 0.2) is 0 Å². The molecule has 4 nitrogen and oxygen atoms in total. The number of rotatable bonds is 3. The van der Waals surface area contributed by atoms with Gasteiger partial charge in [-0.1, -0.05) is 0 Å². The molecule has 0 amide bonds. The molecule has 0 aliphatic rings. The van der Waals surface area contributed by atoms with Crippen molar-refractivity contribution >= 4 is 34.2 Å². The van der Waals surface area contributed by atoms with Crippen molar-refractivity contribution in [2.24, 2.45) is 0 Å². The lowest BCUT2D eigenvalue weighted by Crippen LogP contribution is -2.07. The van der Waals surface area contributed by atoms with Gasteiger partial charge in [0.2, 0.25) is 0 Å². The zero-order valence-corrected chi connectivity index (χ0v) is 9.53. The number of alkyl halides is 2. The summed E-state index contributed by atoms with van der Waals surface area (Å²) in [7, 11) is 0. The largest absolute Gasteiger partial charge is 0.481 e. The van der Waals surface area contributed by atoms with Gasteiger partial charge in [0.1, 0.15) is 3.70 Å². The molecule has 3 N–H and O–H groups in total. The van der Waals surface area contributed by atoms with Crippen LogP contribution in [0.5, 0.6) is 0 Å². The molecule has 0 spiro atoms. The summed E-state index contributed by atoms with van der Waals surface area (Å²) in [5.41, 5.74) is 5.09. The number of halogens is 3. The van der Waals surface area contributed by atoms with E-state index in [1.807, 2.05) is 0 Å². The van der Waals surface area contributed by atoms with Crippen LogP contribution in [-0.2, 0) is 11.2 Å². The Morgan fingerprint density at radius 1 is 1.67 bits per heavy atom. The van der Waals surface area contributed by atoms with Crippen LogP contribution in [0.15, 0.2) is 6.07 Å². The fourth-order valence-corrected chi connectivity index (χ4v) is 1.91. The fraction of sp³-hybridized carbons (Fsp3) is 0.250. The van der Waals surface area contributed by atoms with E-state index in [9.17, 15) is 13.6 Å². The van der Waals surface area contributed by atoms with E-state index in [0.29, 0.717) is 0 Å². The molecule has 0 bridgehead atoms. The van der Waals surface area contributed by atoms with Crippen LogP contribution >= 0.6 is 22.6 Å². The maximum absolute atomic E-state index is 12.4. The van der Waals surface area contributed by atoms with E-state index >= 15 is 0 Å². The molecule has 1 heterocycles. The van der Waals surface area contributed by atoms with Crippen LogP contribution in [0, 0.1) is 3.70 Å². The third-order valence-electron chi connectivity index (χ3n) is 1.65. The number of anilines is 1. The molecule has 0 aliphatic heterocycles. The maximum atomic E-state index is 12.4. The van der Waals surface area contributed by atoms with Gasteiger partial charge in [-0.2, -0.15) is 0 Å². The van der Waals surface area contributed by atoms with Gasteiger partial charge in [-0.05, 0) is 28.7 Å². The minimum atomic E-state index is -2.71. The molecule has 1 aromatic rings. The lowest BCUT2D eigenvalue weighted by atomic mass is 10.2. The third kappa shape index (κ3) is 2.98. The predicted octanol–water partition coefficient (Wildman–Crippen LogP) is 1.83. The number of hydrogen-bond donors (Lipinski definition) is 2. The molecule has 0 radical (unpaired) electrons. The van der Waals surface area contributed by atoms with E-state index in [4.69, 9.17) is 10.8 Å². The first kappa shape index (κ1) is 12.1. The van der Waals surface area contributed by atoms with Crippen LogP contribution in [0.1, 0.15) is 17.7 Å². The molecule has 82 valence electrons. The van der Waals surface area contributed by atoms with E-state index in [-0.39, 0.29) is 27.1 Å². The van der Waals surface area contributed by atoms with Gasteiger partial charge in [0.25, 0.3) is 6.43 Å². The number of carboxylic acids is 1. The highest BCUT2D eigenvalue weighted by Gasteiger charge is 2.18. The predicted molar refractivity (Wildman–Crippen MR) is 57.7 cm³/mol. The number of aliphatic carboxylic acids is 1. The van der Waals surface area contributed by atoms with E-state index in [1.165, 1.54) is 0 Å². The van der Waals surface area contributed by atoms with Crippen molar-refractivity contribution in [1.82, 2.24) is 4.98 Å². The lowest BCUT2D eigenvalue weighted by Gasteiger charge is -2.08. The molecule has 0 unspecified atom stereocenters. The number of pyridine rings is 1.